The summed E-state index contributed by atoms with van der Waals surface area (Å²) in [6.45, 7) is 4.03. The van der Waals surface area contributed by atoms with E-state index in [0.717, 1.165) is 16.9 Å². The molecule has 0 aliphatic heterocycles. The first-order valence-electron chi connectivity index (χ1n) is 7.38. The number of carbonyl (C=O) groups excluding carboxylic acids is 1. The Morgan fingerprint density at radius 3 is 2.13 bits per heavy atom. The van der Waals surface area contributed by atoms with Crippen molar-refractivity contribution >= 4 is 11.6 Å². The zero-order valence-electron chi connectivity index (χ0n) is 13.4. The Hall–Kier alpha value is -2.95. The number of nitrogens with zero attached hydrogens (tertiary/aromatic N) is 4. The van der Waals surface area contributed by atoms with Crippen LogP contribution in [0.3, 0.4) is 0 Å². The molecule has 2 aromatic carbocycles. The third kappa shape index (κ3) is 3.13. The average Bonchev–Trinajstić information content (AvgIpc) is 3.05. The minimum absolute atomic E-state index is 0.175. The van der Waals surface area contributed by atoms with E-state index in [4.69, 9.17) is 0 Å². The van der Waals surface area contributed by atoms with Crippen LogP contribution in [-0.2, 0) is 0 Å². The maximum atomic E-state index is 12.5. The third-order valence-electron chi connectivity index (χ3n) is 3.71. The summed E-state index contributed by atoms with van der Waals surface area (Å²) in [6, 6.07) is 15.6. The fourth-order valence-corrected chi connectivity index (χ4v) is 2.22. The Kier molecular flexibility index (Phi) is 3.93. The second-order valence-electron chi connectivity index (χ2n) is 5.55. The summed E-state index contributed by atoms with van der Waals surface area (Å²) in [4.78, 5) is 18.2. The smallest absolute Gasteiger partial charge is 0.297 e. The highest BCUT2D eigenvalue weighted by Gasteiger charge is 2.18. The first-order chi connectivity index (χ1) is 11.0. The van der Waals surface area contributed by atoms with Crippen LogP contribution in [0.5, 0.6) is 0 Å². The van der Waals surface area contributed by atoms with Gasteiger partial charge in [-0.05, 0) is 38.1 Å². The summed E-state index contributed by atoms with van der Waals surface area (Å²) < 4.78 is 1.61. The molecule has 1 heterocycles. The van der Waals surface area contributed by atoms with E-state index in [-0.39, 0.29) is 11.7 Å². The van der Waals surface area contributed by atoms with Crippen LogP contribution in [0.1, 0.15) is 21.7 Å². The van der Waals surface area contributed by atoms with Crippen LogP contribution in [0.2, 0.25) is 0 Å². The predicted octanol–water partition coefficient (Wildman–Crippen LogP) is 3.16. The highest BCUT2D eigenvalue weighted by atomic mass is 16.2. The zero-order valence-corrected chi connectivity index (χ0v) is 13.4. The summed E-state index contributed by atoms with van der Waals surface area (Å²) in [6.07, 6.45) is 1.56. The number of amides is 1. The fourth-order valence-electron chi connectivity index (χ4n) is 2.22. The lowest BCUT2D eigenvalue weighted by Gasteiger charge is -2.15. The predicted molar refractivity (Wildman–Crippen MR) is 90.0 cm³/mol. The molecule has 0 N–H and O–H groups in total. The molecule has 0 atom stereocenters. The molecule has 0 aliphatic carbocycles. The average molecular weight is 306 g/mol. The number of hydrogen-bond donors (Lipinski definition) is 0. The van der Waals surface area contributed by atoms with E-state index in [1.807, 2.05) is 62.4 Å². The molecule has 0 bridgehead atoms. The summed E-state index contributed by atoms with van der Waals surface area (Å²) in [5, 5.41) is 4.29. The maximum absolute atomic E-state index is 12.5. The van der Waals surface area contributed by atoms with E-state index in [0.29, 0.717) is 0 Å². The van der Waals surface area contributed by atoms with Gasteiger partial charge in [-0.1, -0.05) is 35.4 Å². The molecule has 0 aliphatic rings. The molecular weight excluding hydrogens is 288 g/mol. The molecule has 0 fully saturated rings. The molecule has 23 heavy (non-hydrogen) atoms. The summed E-state index contributed by atoms with van der Waals surface area (Å²) in [7, 11) is 1.72. The Balaban J connectivity index is 1.83. The van der Waals surface area contributed by atoms with Crippen molar-refractivity contribution in [1.82, 2.24) is 14.8 Å². The van der Waals surface area contributed by atoms with Crippen molar-refractivity contribution in [3.8, 4) is 5.69 Å². The molecule has 3 rings (SSSR count). The molecule has 5 nitrogen and oxygen atoms in total. The Morgan fingerprint density at radius 1 is 0.957 bits per heavy atom. The monoisotopic (exact) mass is 306 g/mol. The van der Waals surface area contributed by atoms with Gasteiger partial charge in [0.2, 0.25) is 5.82 Å². The van der Waals surface area contributed by atoms with Gasteiger partial charge in [-0.15, -0.1) is 5.10 Å². The van der Waals surface area contributed by atoms with Gasteiger partial charge in [-0.3, -0.25) is 4.79 Å². The topological polar surface area (TPSA) is 51.0 Å². The summed E-state index contributed by atoms with van der Waals surface area (Å²) in [5.41, 5.74) is 4.01. The molecule has 0 unspecified atom stereocenters. The van der Waals surface area contributed by atoms with Crippen LogP contribution in [0.15, 0.2) is 54.9 Å². The van der Waals surface area contributed by atoms with Gasteiger partial charge in [0.1, 0.15) is 6.33 Å². The van der Waals surface area contributed by atoms with Crippen LogP contribution < -0.4 is 4.90 Å². The first kappa shape index (κ1) is 15.0. The number of hydrogen-bond acceptors (Lipinski definition) is 3. The number of benzene rings is 2. The first-order valence-corrected chi connectivity index (χ1v) is 7.38. The van der Waals surface area contributed by atoms with E-state index in [1.165, 1.54) is 5.56 Å². The Morgan fingerprint density at radius 2 is 1.52 bits per heavy atom. The van der Waals surface area contributed by atoms with Crippen molar-refractivity contribution in [3.05, 3.63) is 71.8 Å². The zero-order chi connectivity index (χ0) is 16.4. The van der Waals surface area contributed by atoms with E-state index < -0.39 is 0 Å². The molecule has 0 radical (unpaired) electrons. The molecule has 116 valence electrons. The standard InChI is InChI=1S/C18H18N4O/c1-13-4-8-15(9-5-13)21(3)18(23)17-19-12-22(20-17)16-10-6-14(2)7-11-16/h4-12H,1-3H3. The highest BCUT2D eigenvalue weighted by Crippen LogP contribution is 2.15. The van der Waals surface area contributed by atoms with Gasteiger partial charge in [0, 0.05) is 12.7 Å². The van der Waals surface area contributed by atoms with Crippen molar-refractivity contribution in [2.24, 2.45) is 0 Å². The highest BCUT2D eigenvalue weighted by molar-refractivity contribution is 6.03. The Labute approximate surface area is 135 Å². The lowest BCUT2D eigenvalue weighted by Crippen LogP contribution is -2.27. The normalized spacial score (nSPS) is 10.6. The minimum Gasteiger partial charge on any atom is -0.309 e. The van der Waals surface area contributed by atoms with Crippen molar-refractivity contribution < 1.29 is 4.79 Å². The lowest BCUT2D eigenvalue weighted by atomic mass is 10.2. The van der Waals surface area contributed by atoms with Gasteiger partial charge in [0.15, 0.2) is 0 Å². The van der Waals surface area contributed by atoms with Gasteiger partial charge < -0.3 is 4.90 Å². The molecular formula is C18H18N4O. The number of rotatable bonds is 3. The second kappa shape index (κ2) is 6.04. The van der Waals surface area contributed by atoms with Gasteiger partial charge in [0.05, 0.1) is 5.69 Å². The van der Waals surface area contributed by atoms with Crippen LogP contribution in [-0.4, -0.2) is 27.7 Å². The van der Waals surface area contributed by atoms with Crippen molar-refractivity contribution in [2.75, 3.05) is 11.9 Å². The van der Waals surface area contributed by atoms with Gasteiger partial charge in [-0.25, -0.2) is 9.67 Å². The van der Waals surface area contributed by atoms with Crippen molar-refractivity contribution in [2.45, 2.75) is 13.8 Å². The molecule has 0 saturated carbocycles. The summed E-state index contributed by atoms with van der Waals surface area (Å²) >= 11 is 0. The molecule has 3 aromatic rings. The number of aromatic nitrogens is 3. The number of carbonyl (C=O) groups is 1. The van der Waals surface area contributed by atoms with E-state index in [1.54, 1.807) is 23.0 Å². The van der Waals surface area contributed by atoms with Crippen LogP contribution in [0.4, 0.5) is 5.69 Å². The molecule has 0 saturated heterocycles. The van der Waals surface area contributed by atoms with Gasteiger partial charge >= 0.3 is 0 Å². The van der Waals surface area contributed by atoms with Crippen LogP contribution >= 0.6 is 0 Å². The molecule has 5 heteroatoms. The SMILES string of the molecule is Cc1ccc(N(C)C(=O)c2ncn(-c3ccc(C)cc3)n2)cc1. The minimum atomic E-state index is -0.236. The second-order valence-corrected chi connectivity index (χ2v) is 5.55. The third-order valence-corrected chi connectivity index (χ3v) is 3.71. The van der Waals surface area contributed by atoms with E-state index >= 15 is 0 Å². The van der Waals surface area contributed by atoms with Crippen molar-refractivity contribution in [3.63, 3.8) is 0 Å². The molecule has 1 amide bonds. The van der Waals surface area contributed by atoms with Crippen LogP contribution in [0.25, 0.3) is 5.69 Å². The summed E-state index contributed by atoms with van der Waals surface area (Å²) in [5.74, 6) is -0.0617. The molecule has 1 aromatic heterocycles. The largest absolute Gasteiger partial charge is 0.309 e. The Bertz CT molecular complexity index is 819. The van der Waals surface area contributed by atoms with Crippen LogP contribution in [0, 0.1) is 13.8 Å². The maximum Gasteiger partial charge on any atom is 0.297 e. The lowest BCUT2D eigenvalue weighted by molar-refractivity contribution is 0.0983. The fraction of sp³-hybridized carbons (Fsp3) is 0.167. The van der Waals surface area contributed by atoms with E-state index in [2.05, 4.69) is 10.1 Å². The quantitative estimate of drug-likeness (QED) is 0.747. The van der Waals surface area contributed by atoms with Crippen molar-refractivity contribution in [1.29, 1.82) is 0 Å². The number of anilines is 1. The molecule has 0 spiro atoms. The van der Waals surface area contributed by atoms with E-state index in [9.17, 15) is 4.79 Å². The van der Waals surface area contributed by atoms with Gasteiger partial charge in [0.25, 0.3) is 5.91 Å². The van der Waals surface area contributed by atoms with Gasteiger partial charge in [-0.2, -0.15) is 0 Å². The number of aryl methyl sites for hydroxylation is 2.